The van der Waals surface area contributed by atoms with Crippen molar-refractivity contribution in [3.8, 4) is 0 Å². The molecule has 15 heavy (non-hydrogen) atoms. The molecule has 3 rings (SSSR count). The van der Waals surface area contributed by atoms with E-state index in [1.165, 1.54) is 5.57 Å². The lowest BCUT2D eigenvalue weighted by atomic mass is 10.0. The summed E-state index contributed by atoms with van der Waals surface area (Å²) in [5.74, 6) is 0. The highest BCUT2D eigenvalue weighted by Gasteiger charge is 2.31. The monoisotopic (exact) mass is 283 g/mol. The molecule has 1 aliphatic carbocycles. The van der Waals surface area contributed by atoms with E-state index in [9.17, 15) is 0 Å². The molecular formula is C10H7BrClN3. The molecule has 0 aromatic rings. The minimum absolute atomic E-state index is 0. The van der Waals surface area contributed by atoms with Crippen LogP contribution in [0.15, 0.2) is 57.6 Å². The number of allylic oxidation sites excluding steroid dienone is 4. The van der Waals surface area contributed by atoms with Gasteiger partial charge in [-0.1, -0.05) is 18.2 Å². The number of halogens is 2. The van der Waals surface area contributed by atoms with E-state index in [2.05, 4.69) is 38.1 Å². The van der Waals surface area contributed by atoms with Crippen LogP contribution >= 0.6 is 15.9 Å². The fourth-order valence-electron chi connectivity index (χ4n) is 1.55. The van der Waals surface area contributed by atoms with E-state index >= 15 is 0 Å². The minimum Gasteiger partial charge on any atom is -1.00 e. The van der Waals surface area contributed by atoms with Gasteiger partial charge in [0.1, 0.15) is 11.9 Å². The number of rotatable bonds is 1. The van der Waals surface area contributed by atoms with Gasteiger partial charge in [0.25, 0.3) is 4.74 Å². The maximum absolute atomic E-state index is 4.47. The predicted octanol–water partition coefficient (Wildman–Crippen LogP) is -2.10. The SMILES string of the molecule is BrC1=NC(C2=CC=C2)=C2C=NC=C[NH+]12.[Cl-]. The summed E-state index contributed by atoms with van der Waals surface area (Å²) in [6.07, 6.45) is 11.7. The molecule has 0 saturated carbocycles. The molecule has 76 valence electrons. The van der Waals surface area contributed by atoms with Crippen LogP contribution in [-0.2, 0) is 0 Å². The molecule has 2 heterocycles. The van der Waals surface area contributed by atoms with Gasteiger partial charge in [-0.05, 0) is 0 Å². The summed E-state index contributed by atoms with van der Waals surface area (Å²) in [6.45, 7) is 0. The number of amidine groups is 1. The molecule has 0 bridgehead atoms. The van der Waals surface area contributed by atoms with E-state index in [-0.39, 0.29) is 12.4 Å². The highest BCUT2D eigenvalue weighted by atomic mass is 79.9. The predicted molar refractivity (Wildman–Crippen MR) is 59.2 cm³/mol. The molecule has 0 aromatic carbocycles. The Labute approximate surface area is 102 Å². The zero-order chi connectivity index (χ0) is 9.54. The van der Waals surface area contributed by atoms with Gasteiger partial charge in [0.2, 0.25) is 0 Å². The molecule has 1 N–H and O–H groups in total. The van der Waals surface area contributed by atoms with E-state index in [1.54, 1.807) is 6.20 Å². The standard InChI is InChI=1S/C10H6BrN3.ClH/c11-10-13-9(7-2-1-3-7)8-6-12-4-5-14(8)10;/h1-6H;1H. The summed E-state index contributed by atoms with van der Waals surface area (Å²) in [5.41, 5.74) is 3.30. The first-order chi connectivity index (χ1) is 6.86. The van der Waals surface area contributed by atoms with Crippen molar-refractivity contribution >= 4 is 26.9 Å². The number of quaternary nitrogens is 1. The Morgan fingerprint density at radius 1 is 1.33 bits per heavy atom. The number of hydrogen-bond donors (Lipinski definition) is 1. The molecule has 1 atom stereocenters. The van der Waals surface area contributed by atoms with Crippen LogP contribution < -0.4 is 17.3 Å². The van der Waals surface area contributed by atoms with Gasteiger partial charge >= 0.3 is 0 Å². The van der Waals surface area contributed by atoms with Gasteiger partial charge in [0, 0.05) is 21.5 Å². The van der Waals surface area contributed by atoms with Crippen molar-refractivity contribution in [1.82, 2.24) is 0 Å². The van der Waals surface area contributed by atoms with E-state index in [0.29, 0.717) is 0 Å². The Morgan fingerprint density at radius 2 is 2.13 bits per heavy atom. The van der Waals surface area contributed by atoms with Gasteiger partial charge in [-0.3, -0.25) is 4.99 Å². The molecule has 0 aromatic heterocycles. The Morgan fingerprint density at radius 3 is 2.80 bits per heavy atom. The maximum Gasteiger partial charge on any atom is 0.280 e. The third-order valence-corrected chi connectivity index (χ3v) is 2.94. The summed E-state index contributed by atoms with van der Waals surface area (Å²) in [7, 11) is 0. The normalized spacial score (nSPS) is 25.5. The van der Waals surface area contributed by atoms with Gasteiger partial charge in [-0.15, -0.1) is 0 Å². The Balaban J connectivity index is 0.000000853. The number of fused-ring (bicyclic) bond motifs is 1. The fourth-order valence-corrected chi connectivity index (χ4v) is 2.08. The van der Waals surface area contributed by atoms with Gasteiger partial charge in [-0.2, -0.15) is 4.99 Å². The lowest BCUT2D eigenvalue weighted by Crippen LogP contribution is -3.07. The summed E-state index contributed by atoms with van der Waals surface area (Å²) >= 11 is 3.45. The van der Waals surface area contributed by atoms with Gasteiger partial charge in [0.05, 0.1) is 12.4 Å². The summed E-state index contributed by atoms with van der Waals surface area (Å²) in [5, 5.41) is 0. The molecule has 5 heteroatoms. The quantitative estimate of drug-likeness (QED) is 0.535. The van der Waals surface area contributed by atoms with Crippen LogP contribution in [0.2, 0.25) is 0 Å². The van der Waals surface area contributed by atoms with E-state index < -0.39 is 0 Å². The van der Waals surface area contributed by atoms with E-state index in [1.807, 2.05) is 18.5 Å². The second-order valence-corrected chi connectivity index (χ2v) is 3.90. The minimum atomic E-state index is 0. The molecule has 3 nitrogen and oxygen atoms in total. The number of nitrogens with one attached hydrogen (secondary N) is 1. The smallest absolute Gasteiger partial charge is 0.280 e. The van der Waals surface area contributed by atoms with E-state index in [4.69, 9.17) is 0 Å². The molecule has 3 aliphatic rings. The summed E-state index contributed by atoms with van der Waals surface area (Å²) in [6, 6.07) is 0. The second kappa shape index (κ2) is 3.89. The third-order valence-electron chi connectivity index (χ3n) is 2.33. The van der Waals surface area contributed by atoms with Crippen LogP contribution in [0.1, 0.15) is 0 Å². The second-order valence-electron chi connectivity index (χ2n) is 3.15. The maximum atomic E-state index is 4.47. The van der Waals surface area contributed by atoms with Crippen molar-refractivity contribution in [2.45, 2.75) is 0 Å². The largest absolute Gasteiger partial charge is 1.00 e. The van der Waals surface area contributed by atoms with Crippen LogP contribution in [0.5, 0.6) is 0 Å². The lowest BCUT2D eigenvalue weighted by molar-refractivity contribution is -0.685. The van der Waals surface area contributed by atoms with Gasteiger partial charge < -0.3 is 12.4 Å². The molecule has 0 spiro atoms. The van der Waals surface area contributed by atoms with Crippen molar-refractivity contribution in [3.05, 3.63) is 47.6 Å². The highest BCUT2D eigenvalue weighted by Crippen LogP contribution is 2.24. The highest BCUT2D eigenvalue weighted by molar-refractivity contribution is 9.18. The summed E-state index contributed by atoms with van der Waals surface area (Å²) in [4.78, 5) is 9.71. The zero-order valence-corrected chi connectivity index (χ0v) is 9.96. The van der Waals surface area contributed by atoms with E-state index in [0.717, 1.165) is 21.0 Å². The van der Waals surface area contributed by atoms with Gasteiger partial charge in [0.15, 0.2) is 5.70 Å². The topological polar surface area (TPSA) is 29.2 Å². The molecule has 0 amide bonds. The number of nitrogens with zero attached hydrogens (tertiary/aromatic N) is 2. The third kappa shape index (κ3) is 1.55. The average Bonchev–Trinajstić information content (AvgIpc) is 2.43. The Bertz CT molecular complexity index is 483. The van der Waals surface area contributed by atoms with Crippen LogP contribution in [0.3, 0.4) is 0 Å². The lowest BCUT2D eigenvalue weighted by Gasteiger charge is -2.10. The van der Waals surface area contributed by atoms with Crippen molar-refractivity contribution in [2.75, 3.05) is 0 Å². The van der Waals surface area contributed by atoms with Crippen molar-refractivity contribution in [2.24, 2.45) is 9.98 Å². The molecule has 2 aliphatic heterocycles. The molecule has 0 radical (unpaired) electrons. The molecule has 1 unspecified atom stereocenters. The Kier molecular flexibility index (Phi) is 2.73. The van der Waals surface area contributed by atoms with Crippen LogP contribution in [0.4, 0.5) is 0 Å². The zero-order valence-electron chi connectivity index (χ0n) is 7.61. The average molecular weight is 285 g/mol. The molecular weight excluding hydrogens is 277 g/mol. The first kappa shape index (κ1) is 10.5. The van der Waals surface area contributed by atoms with Crippen LogP contribution in [0, 0.1) is 0 Å². The fraction of sp³-hybridized carbons (Fsp3) is 0. The Hall–Kier alpha value is -0.970. The summed E-state index contributed by atoms with van der Waals surface area (Å²) < 4.78 is 0.895. The molecule has 0 saturated heterocycles. The van der Waals surface area contributed by atoms with Crippen LogP contribution in [0.25, 0.3) is 0 Å². The number of hydrogen-bond acceptors (Lipinski definition) is 2. The van der Waals surface area contributed by atoms with Gasteiger partial charge in [-0.25, -0.2) is 4.90 Å². The van der Waals surface area contributed by atoms with Crippen molar-refractivity contribution in [1.29, 1.82) is 0 Å². The first-order valence-electron chi connectivity index (χ1n) is 4.31. The first-order valence-corrected chi connectivity index (χ1v) is 5.10. The van der Waals surface area contributed by atoms with Crippen molar-refractivity contribution < 1.29 is 17.3 Å². The van der Waals surface area contributed by atoms with Crippen LogP contribution in [-0.4, -0.2) is 11.0 Å². The number of aliphatic imine (C=N–C) groups is 2. The van der Waals surface area contributed by atoms with Crippen molar-refractivity contribution in [3.63, 3.8) is 0 Å². The molecule has 0 fully saturated rings.